The maximum atomic E-state index is 6.11. The number of benzene rings is 1. The maximum Gasteiger partial charge on any atom is 0.122 e. The summed E-state index contributed by atoms with van der Waals surface area (Å²) < 4.78 is 1.79. The SMILES string of the molecule is CC(C)n1nc(-c2ccccc2Cl)cc1N. The minimum atomic E-state index is 0.247. The fourth-order valence-electron chi connectivity index (χ4n) is 1.62. The lowest BCUT2D eigenvalue weighted by molar-refractivity contribution is 0.542. The van der Waals surface area contributed by atoms with Crippen LogP contribution in [0.3, 0.4) is 0 Å². The van der Waals surface area contributed by atoms with Gasteiger partial charge in [-0.25, -0.2) is 4.68 Å². The van der Waals surface area contributed by atoms with Gasteiger partial charge >= 0.3 is 0 Å². The number of aromatic nitrogens is 2. The van der Waals surface area contributed by atoms with Gasteiger partial charge in [-0.05, 0) is 19.9 Å². The molecule has 1 heterocycles. The van der Waals surface area contributed by atoms with Gasteiger partial charge in [-0.2, -0.15) is 5.10 Å². The van der Waals surface area contributed by atoms with Crippen LogP contribution in [0.2, 0.25) is 5.02 Å². The van der Waals surface area contributed by atoms with E-state index in [2.05, 4.69) is 5.10 Å². The first-order valence-corrected chi connectivity index (χ1v) is 5.57. The van der Waals surface area contributed by atoms with Gasteiger partial charge in [0.1, 0.15) is 5.82 Å². The molecule has 16 heavy (non-hydrogen) atoms. The van der Waals surface area contributed by atoms with Gasteiger partial charge in [0.25, 0.3) is 0 Å². The molecular formula is C12H14ClN3. The minimum Gasteiger partial charge on any atom is -0.384 e. The van der Waals surface area contributed by atoms with Gasteiger partial charge in [0.2, 0.25) is 0 Å². The first kappa shape index (κ1) is 11.0. The molecule has 0 spiro atoms. The minimum absolute atomic E-state index is 0.247. The van der Waals surface area contributed by atoms with E-state index in [1.807, 2.05) is 44.2 Å². The molecule has 1 aromatic heterocycles. The molecule has 0 fully saturated rings. The molecule has 84 valence electrons. The Hall–Kier alpha value is -1.48. The van der Waals surface area contributed by atoms with Gasteiger partial charge in [0.05, 0.1) is 10.7 Å². The number of halogens is 1. The lowest BCUT2D eigenvalue weighted by Gasteiger charge is -2.06. The van der Waals surface area contributed by atoms with E-state index >= 15 is 0 Å². The predicted molar refractivity (Wildman–Crippen MR) is 67.5 cm³/mol. The van der Waals surface area contributed by atoms with Crippen molar-refractivity contribution < 1.29 is 0 Å². The van der Waals surface area contributed by atoms with Crippen LogP contribution >= 0.6 is 11.6 Å². The lowest BCUT2D eigenvalue weighted by atomic mass is 10.1. The second-order valence-electron chi connectivity index (χ2n) is 3.97. The van der Waals surface area contributed by atoms with E-state index in [-0.39, 0.29) is 6.04 Å². The van der Waals surface area contributed by atoms with Gasteiger partial charge in [-0.3, -0.25) is 0 Å². The summed E-state index contributed by atoms with van der Waals surface area (Å²) in [5.74, 6) is 0.657. The van der Waals surface area contributed by atoms with Crippen molar-refractivity contribution in [2.45, 2.75) is 19.9 Å². The second-order valence-corrected chi connectivity index (χ2v) is 4.38. The highest BCUT2D eigenvalue weighted by atomic mass is 35.5. The average molecular weight is 236 g/mol. The summed E-state index contributed by atoms with van der Waals surface area (Å²) in [6.45, 7) is 4.08. The van der Waals surface area contributed by atoms with Crippen LogP contribution in [0.1, 0.15) is 19.9 Å². The van der Waals surface area contributed by atoms with Crippen LogP contribution in [0, 0.1) is 0 Å². The van der Waals surface area contributed by atoms with Crippen molar-refractivity contribution in [3.8, 4) is 11.3 Å². The molecule has 0 bridgehead atoms. The molecule has 0 unspecified atom stereocenters. The Bertz CT molecular complexity index is 503. The van der Waals surface area contributed by atoms with Crippen LogP contribution in [0.5, 0.6) is 0 Å². The molecule has 3 nitrogen and oxygen atoms in total. The Balaban J connectivity index is 2.50. The zero-order valence-electron chi connectivity index (χ0n) is 9.31. The van der Waals surface area contributed by atoms with E-state index in [9.17, 15) is 0 Å². The van der Waals surface area contributed by atoms with Crippen LogP contribution in [0.15, 0.2) is 30.3 Å². The summed E-state index contributed by atoms with van der Waals surface area (Å²) in [7, 11) is 0. The fourth-order valence-corrected chi connectivity index (χ4v) is 1.86. The molecule has 0 atom stereocenters. The van der Waals surface area contributed by atoms with Crippen LogP contribution in [-0.4, -0.2) is 9.78 Å². The molecule has 0 radical (unpaired) electrons. The molecule has 4 heteroatoms. The standard InChI is InChI=1S/C12H14ClN3/c1-8(2)16-12(14)7-11(15-16)9-5-3-4-6-10(9)13/h3-8H,14H2,1-2H3. The Morgan fingerprint density at radius 2 is 2.00 bits per heavy atom. The largest absolute Gasteiger partial charge is 0.384 e. The average Bonchev–Trinajstić information content (AvgIpc) is 2.61. The van der Waals surface area contributed by atoms with E-state index in [1.165, 1.54) is 0 Å². The Kier molecular flexibility index (Phi) is 2.88. The van der Waals surface area contributed by atoms with Gasteiger partial charge in [-0.1, -0.05) is 29.8 Å². The lowest BCUT2D eigenvalue weighted by Crippen LogP contribution is -2.06. The molecule has 2 N–H and O–H groups in total. The van der Waals surface area contributed by atoms with E-state index in [0.29, 0.717) is 10.8 Å². The molecule has 0 saturated heterocycles. The van der Waals surface area contributed by atoms with E-state index in [0.717, 1.165) is 11.3 Å². The zero-order chi connectivity index (χ0) is 11.7. The van der Waals surface area contributed by atoms with Crippen molar-refractivity contribution in [1.29, 1.82) is 0 Å². The van der Waals surface area contributed by atoms with Crippen molar-refractivity contribution in [1.82, 2.24) is 9.78 Å². The maximum absolute atomic E-state index is 6.11. The smallest absolute Gasteiger partial charge is 0.122 e. The number of rotatable bonds is 2. The van der Waals surface area contributed by atoms with Crippen molar-refractivity contribution in [3.63, 3.8) is 0 Å². The molecule has 2 aromatic rings. The topological polar surface area (TPSA) is 43.8 Å². The van der Waals surface area contributed by atoms with Crippen molar-refractivity contribution >= 4 is 17.4 Å². The fraction of sp³-hybridized carbons (Fsp3) is 0.250. The van der Waals surface area contributed by atoms with Crippen LogP contribution in [-0.2, 0) is 0 Å². The summed E-state index contributed by atoms with van der Waals surface area (Å²) in [4.78, 5) is 0. The monoisotopic (exact) mass is 235 g/mol. The molecule has 1 aromatic carbocycles. The van der Waals surface area contributed by atoms with Gasteiger partial charge in [-0.15, -0.1) is 0 Å². The predicted octanol–water partition coefficient (Wildman–Crippen LogP) is 3.37. The summed E-state index contributed by atoms with van der Waals surface area (Å²) in [5.41, 5.74) is 7.62. The van der Waals surface area contributed by atoms with E-state index < -0.39 is 0 Å². The highest BCUT2D eigenvalue weighted by molar-refractivity contribution is 6.33. The Morgan fingerprint density at radius 3 is 2.56 bits per heavy atom. The zero-order valence-corrected chi connectivity index (χ0v) is 10.1. The number of nitrogens with zero attached hydrogens (tertiary/aromatic N) is 2. The summed E-state index contributed by atoms with van der Waals surface area (Å²) in [6, 6.07) is 9.72. The molecule has 2 rings (SSSR count). The summed E-state index contributed by atoms with van der Waals surface area (Å²) in [5, 5.41) is 5.14. The van der Waals surface area contributed by atoms with Gasteiger partial charge in [0.15, 0.2) is 0 Å². The first-order chi connectivity index (χ1) is 7.59. The third-order valence-corrected chi connectivity index (χ3v) is 2.73. The highest BCUT2D eigenvalue weighted by Gasteiger charge is 2.11. The third kappa shape index (κ3) is 1.91. The second kappa shape index (κ2) is 4.18. The van der Waals surface area contributed by atoms with Gasteiger partial charge in [0, 0.05) is 17.7 Å². The van der Waals surface area contributed by atoms with Crippen LogP contribution in [0.4, 0.5) is 5.82 Å². The highest BCUT2D eigenvalue weighted by Crippen LogP contribution is 2.28. The molecule has 0 amide bonds. The van der Waals surface area contributed by atoms with Crippen LogP contribution in [0.25, 0.3) is 11.3 Å². The van der Waals surface area contributed by atoms with E-state index in [4.69, 9.17) is 17.3 Å². The molecule has 0 saturated carbocycles. The first-order valence-electron chi connectivity index (χ1n) is 5.19. The quantitative estimate of drug-likeness (QED) is 0.868. The molecule has 0 aliphatic rings. The Labute approximate surface area is 99.8 Å². The number of hydrogen-bond acceptors (Lipinski definition) is 2. The summed E-state index contributed by atoms with van der Waals surface area (Å²) >= 11 is 6.11. The molecule has 0 aliphatic carbocycles. The normalized spacial score (nSPS) is 11.0. The number of anilines is 1. The third-order valence-electron chi connectivity index (χ3n) is 2.40. The van der Waals surface area contributed by atoms with Gasteiger partial charge < -0.3 is 5.73 Å². The number of nitrogens with two attached hydrogens (primary N) is 1. The van der Waals surface area contributed by atoms with Crippen molar-refractivity contribution in [3.05, 3.63) is 35.4 Å². The molecule has 0 aliphatic heterocycles. The van der Waals surface area contributed by atoms with E-state index in [1.54, 1.807) is 4.68 Å². The van der Waals surface area contributed by atoms with Crippen molar-refractivity contribution in [2.24, 2.45) is 0 Å². The Morgan fingerprint density at radius 1 is 1.31 bits per heavy atom. The van der Waals surface area contributed by atoms with Crippen molar-refractivity contribution in [2.75, 3.05) is 5.73 Å². The number of nitrogen functional groups attached to an aromatic ring is 1. The van der Waals surface area contributed by atoms with Crippen LogP contribution < -0.4 is 5.73 Å². The molecular weight excluding hydrogens is 222 g/mol. The number of hydrogen-bond donors (Lipinski definition) is 1. The summed E-state index contributed by atoms with van der Waals surface area (Å²) in [6.07, 6.45) is 0.